The van der Waals surface area contributed by atoms with Gasteiger partial charge in [-0.25, -0.2) is 9.78 Å². The van der Waals surface area contributed by atoms with Gasteiger partial charge in [0, 0.05) is 17.5 Å². The molecule has 0 atom stereocenters. The molecular weight excluding hydrogens is 336 g/mol. The lowest BCUT2D eigenvalue weighted by atomic mass is 9.97. The van der Waals surface area contributed by atoms with E-state index >= 15 is 0 Å². The highest BCUT2D eigenvalue weighted by Gasteiger charge is 2.39. The first kappa shape index (κ1) is 17.6. The van der Waals surface area contributed by atoms with Crippen LogP contribution in [0.5, 0.6) is 0 Å². The van der Waals surface area contributed by atoms with Gasteiger partial charge in [0.25, 0.3) is 0 Å². The number of hydrogen-bond donors (Lipinski definition) is 2. The molecule has 0 spiro atoms. The van der Waals surface area contributed by atoms with Crippen LogP contribution in [0.1, 0.15) is 58.7 Å². The molecule has 6 heteroatoms. The summed E-state index contributed by atoms with van der Waals surface area (Å²) in [6, 6.07) is 6.85. The van der Waals surface area contributed by atoms with Gasteiger partial charge < -0.3 is 10.4 Å². The molecule has 1 aliphatic rings. The number of thiazole rings is 1. The molecular formula is C19H22N2O3S. The maximum Gasteiger partial charge on any atom is 0.335 e. The Morgan fingerprint density at radius 3 is 2.64 bits per heavy atom. The number of carbonyl (C=O) groups excluding carboxylic acids is 1. The highest BCUT2D eigenvalue weighted by atomic mass is 32.1. The van der Waals surface area contributed by atoms with Crippen LogP contribution >= 0.6 is 11.3 Å². The fourth-order valence-corrected chi connectivity index (χ4v) is 4.48. The van der Waals surface area contributed by atoms with E-state index in [4.69, 9.17) is 0 Å². The molecule has 5 nitrogen and oxygen atoms in total. The van der Waals surface area contributed by atoms with Crippen molar-refractivity contribution < 1.29 is 14.7 Å². The molecule has 0 unspecified atom stereocenters. The number of hydrogen-bond acceptors (Lipinski definition) is 4. The molecule has 25 heavy (non-hydrogen) atoms. The minimum absolute atomic E-state index is 0.0463. The van der Waals surface area contributed by atoms with Crippen LogP contribution < -0.4 is 5.32 Å². The van der Waals surface area contributed by atoms with Crippen molar-refractivity contribution in [2.75, 3.05) is 0 Å². The number of nitrogens with zero attached hydrogens (tertiary/aromatic N) is 1. The third kappa shape index (κ3) is 3.90. The Bertz CT molecular complexity index is 778. The van der Waals surface area contributed by atoms with Crippen LogP contribution in [-0.2, 0) is 16.8 Å². The quantitative estimate of drug-likeness (QED) is 0.826. The molecule has 0 aliphatic heterocycles. The van der Waals surface area contributed by atoms with Crippen molar-refractivity contribution in [1.82, 2.24) is 10.3 Å². The third-order valence-electron chi connectivity index (χ3n) is 4.73. The van der Waals surface area contributed by atoms with Crippen molar-refractivity contribution in [1.29, 1.82) is 0 Å². The van der Waals surface area contributed by atoms with Crippen molar-refractivity contribution >= 4 is 23.2 Å². The zero-order chi connectivity index (χ0) is 17.9. The molecule has 1 aromatic heterocycles. The van der Waals surface area contributed by atoms with Crippen molar-refractivity contribution in [3.8, 4) is 0 Å². The Morgan fingerprint density at radius 1 is 1.28 bits per heavy atom. The van der Waals surface area contributed by atoms with Crippen LogP contribution in [0.4, 0.5) is 0 Å². The number of aromatic carboxylic acids is 1. The summed E-state index contributed by atoms with van der Waals surface area (Å²) >= 11 is 1.60. The summed E-state index contributed by atoms with van der Waals surface area (Å²) < 4.78 is 0. The van der Waals surface area contributed by atoms with Gasteiger partial charge in [0.15, 0.2) is 0 Å². The molecule has 2 aromatic rings. The first-order valence-electron chi connectivity index (χ1n) is 8.55. The summed E-state index contributed by atoms with van der Waals surface area (Å²) in [5, 5.41) is 15.5. The van der Waals surface area contributed by atoms with E-state index < -0.39 is 5.97 Å². The van der Waals surface area contributed by atoms with Gasteiger partial charge in [-0.1, -0.05) is 31.0 Å². The van der Waals surface area contributed by atoms with Crippen molar-refractivity contribution in [3.63, 3.8) is 0 Å². The first-order chi connectivity index (χ1) is 12.0. The van der Waals surface area contributed by atoms with Crippen LogP contribution in [-0.4, -0.2) is 22.0 Å². The Hall–Kier alpha value is -2.21. The first-order valence-corrected chi connectivity index (χ1v) is 9.43. The van der Waals surface area contributed by atoms with E-state index in [-0.39, 0.29) is 23.4 Å². The second-order valence-corrected chi connectivity index (χ2v) is 7.45. The van der Waals surface area contributed by atoms with E-state index in [1.165, 1.54) is 0 Å². The molecule has 2 N–H and O–H groups in total. The van der Waals surface area contributed by atoms with Gasteiger partial charge >= 0.3 is 5.97 Å². The molecule has 1 fully saturated rings. The highest BCUT2D eigenvalue weighted by Crippen LogP contribution is 2.40. The zero-order valence-corrected chi connectivity index (χ0v) is 15.1. The fourth-order valence-electron chi connectivity index (χ4n) is 3.47. The summed E-state index contributed by atoms with van der Waals surface area (Å²) in [4.78, 5) is 28.4. The summed E-state index contributed by atoms with van der Waals surface area (Å²) in [6.45, 7) is 1.97. The lowest BCUT2D eigenvalue weighted by Crippen LogP contribution is -2.43. The number of aromatic nitrogens is 1. The summed E-state index contributed by atoms with van der Waals surface area (Å²) in [5.41, 5.74) is 1.59. The average Bonchev–Trinajstić information content (AvgIpc) is 3.23. The normalized spacial score (nSPS) is 15.9. The number of carbonyl (C=O) groups is 2. The minimum Gasteiger partial charge on any atom is -0.478 e. The largest absolute Gasteiger partial charge is 0.478 e. The third-order valence-corrected chi connectivity index (χ3v) is 5.90. The predicted octanol–water partition coefficient (Wildman–Crippen LogP) is 3.67. The SMILES string of the molecule is Cc1csc(C2(NC(=O)CCc3ccccc3C(=O)O)CCCC2)n1. The molecule has 1 amide bonds. The summed E-state index contributed by atoms with van der Waals surface area (Å²) in [5.74, 6) is -1.00. The van der Waals surface area contributed by atoms with Crippen LogP contribution in [0.25, 0.3) is 0 Å². The van der Waals surface area contributed by atoms with Crippen LogP contribution in [0.3, 0.4) is 0 Å². The number of aryl methyl sites for hydroxylation is 2. The van der Waals surface area contributed by atoms with Gasteiger partial charge in [0.2, 0.25) is 5.91 Å². The number of amides is 1. The number of benzene rings is 1. The fraction of sp³-hybridized carbons (Fsp3) is 0.421. The number of rotatable bonds is 6. The van der Waals surface area contributed by atoms with E-state index in [1.54, 1.807) is 35.6 Å². The van der Waals surface area contributed by atoms with Crippen molar-refractivity contribution in [2.24, 2.45) is 0 Å². The smallest absolute Gasteiger partial charge is 0.335 e. The number of carboxylic acids is 1. The van der Waals surface area contributed by atoms with Gasteiger partial charge in [-0.3, -0.25) is 4.79 Å². The molecule has 3 rings (SSSR count). The van der Waals surface area contributed by atoms with Gasteiger partial charge in [-0.2, -0.15) is 0 Å². The molecule has 1 saturated carbocycles. The van der Waals surface area contributed by atoms with E-state index in [0.717, 1.165) is 36.4 Å². The molecule has 1 aromatic carbocycles. The molecule has 0 bridgehead atoms. The van der Waals surface area contributed by atoms with Crippen molar-refractivity contribution in [3.05, 3.63) is 51.5 Å². The average molecular weight is 358 g/mol. The summed E-state index contributed by atoms with van der Waals surface area (Å²) in [7, 11) is 0. The molecule has 132 valence electrons. The van der Waals surface area contributed by atoms with E-state index in [1.807, 2.05) is 12.3 Å². The highest BCUT2D eigenvalue weighted by molar-refractivity contribution is 7.09. The molecule has 1 aliphatic carbocycles. The van der Waals surface area contributed by atoms with Crippen LogP contribution in [0.2, 0.25) is 0 Å². The minimum atomic E-state index is -0.957. The maximum absolute atomic E-state index is 12.6. The van der Waals surface area contributed by atoms with Crippen LogP contribution in [0.15, 0.2) is 29.6 Å². The Kier molecular flexibility index (Phi) is 5.18. The topological polar surface area (TPSA) is 79.3 Å². The van der Waals surface area contributed by atoms with Gasteiger partial charge in [-0.05, 0) is 37.8 Å². The maximum atomic E-state index is 12.6. The van der Waals surface area contributed by atoms with Crippen molar-refractivity contribution in [2.45, 2.75) is 51.0 Å². The predicted molar refractivity (Wildman–Crippen MR) is 96.9 cm³/mol. The molecule has 0 radical (unpaired) electrons. The second kappa shape index (κ2) is 7.35. The van der Waals surface area contributed by atoms with E-state index in [9.17, 15) is 14.7 Å². The van der Waals surface area contributed by atoms with E-state index in [0.29, 0.717) is 12.0 Å². The lowest BCUT2D eigenvalue weighted by Gasteiger charge is -2.28. The Balaban J connectivity index is 1.68. The van der Waals surface area contributed by atoms with Crippen LogP contribution in [0, 0.1) is 6.92 Å². The second-order valence-electron chi connectivity index (χ2n) is 6.59. The zero-order valence-electron chi connectivity index (χ0n) is 14.2. The van der Waals surface area contributed by atoms with E-state index in [2.05, 4.69) is 10.3 Å². The number of carboxylic acid groups (broad SMARTS) is 1. The molecule has 1 heterocycles. The number of nitrogens with one attached hydrogen (secondary N) is 1. The lowest BCUT2D eigenvalue weighted by molar-refractivity contribution is -0.123. The monoisotopic (exact) mass is 358 g/mol. The Labute approximate surface area is 151 Å². The van der Waals surface area contributed by atoms with Gasteiger partial charge in [0.1, 0.15) is 5.01 Å². The Morgan fingerprint density at radius 2 is 2.00 bits per heavy atom. The van der Waals surface area contributed by atoms with Gasteiger partial charge in [-0.15, -0.1) is 11.3 Å². The summed E-state index contributed by atoms with van der Waals surface area (Å²) in [6.07, 6.45) is 4.69. The standard InChI is InChI=1S/C19H22N2O3S/c1-13-12-25-18(20-13)19(10-4-5-11-19)21-16(22)9-8-14-6-2-3-7-15(14)17(23)24/h2-3,6-7,12H,4-5,8-11H2,1H3,(H,21,22)(H,23,24). The van der Waals surface area contributed by atoms with Gasteiger partial charge in [0.05, 0.1) is 11.1 Å². The molecule has 0 saturated heterocycles.